The molecule has 1 atom stereocenters. The van der Waals surface area contributed by atoms with Gasteiger partial charge < -0.3 is 21.3 Å². The summed E-state index contributed by atoms with van der Waals surface area (Å²) in [6, 6.07) is 0. The Morgan fingerprint density at radius 3 is 2.44 bits per heavy atom. The van der Waals surface area contributed by atoms with Crippen molar-refractivity contribution in [3.05, 3.63) is 0 Å². The van der Waals surface area contributed by atoms with Crippen molar-refractivity contribution in [1.29, 1.82) is 0 Å². The van der Waals surface area contributed by atoms with E-state index >= 15 is 0 Å². The highest BCUT2D eigenvalue weighted by molar-refractivity contribution is 5.80. The molecule has 0 fully saturated rings. The molecule has 0 aromatic rings. The third kappa shape index (κ3) is 6.36. The van der Waals surface area contributed by atoms with Crippen LogP contribution in [0.3, 0.4) is 0 Å². The molecule has 0 bridgehead atoms. The molecule has 0 aliphatic rings. The molecule has 0 radical (unpaired) electrons. The Balaban J connectivity index is 3.69. The second-order valence-corrected chi connectivity index (χ2v) is 3.96. The number of amides is 1. The quantitative estimate of drug-likeness (QED) is 0.420. The predicted octanol–water partition coefficient (Wildman–Crippen LogP) is -0.543. The largest absolute Gasteiger partial charge is 0.479 e. The van der Waals surface area contributed by atoms with Crippen LogP contribution >= 0.6 is 0 Å². The van der Waals surface area contributed by atoms with Crippen LogP contribution in [-0.2, 0) is 9.59 Å². The van der Waals surface area contributed by atoms with E-state index in [4.69, 9.17) is 10.8 Å². The first-order valence-electron chi connectivity index (χ1n) is 5.32. The third-order valence-electron chi connectivity index (χ3n) is 2.20. The Morgan fingerprint density at radius 2 is 1.94 bits per heavy atom. The average Bonchev–Trinajstić information content (AvgIpc) is 2.21. The number of rotatable bonds is 8. The maximum Gasteiger partial charge on any atom is 0.337 e. The van der Waals surface area contributed by atoms with Gasteiger partial charge in [0.25, 0.3) is 0 Å². The molecule has 0 aliphatic heterocycles. The number of hydrogen-bond donors (Lipinski definition) is 4. The minimum atomic E-state index is -1.91. The van der Waals surface area contributed by atoms with Gasteiger partial charge in [-0.3, -0.25) is 4.79 Å². The van der Waals surface area contributed by atoms with Gasteiger partial charge in [-0.05, 0) is 26.3 Å². The van der Waals surface area contributed by atoms with Crippen LogP contribution in [0.2, 0.25) is 0 Å². The molecule has 6 heteroatoms. The summed E-state index contributed by atoms with van der Waals surface area (Å²) in [5.74, 6) is -1.60. The lowest BCUT2D eigenvalue weighted by Gasteiger charge is -2.18. The van der Waals surface area contributed by atoms with Gasteiger partial charge in [0.2, 0.25) is 5.91 Å². The zero-order valence-electron chi connectivity index (χ0n) is 9.53. The predicted molar refractivity (Wildman–Crippen MR) is 58.8 cm³/mol. The first-order chi connectivity index (χ1) is 7.40. The molecule has 6 nitrogen and oxygen atoms in total. The van der Waals surface area contributed by atoms with Gasteiger partial charge in [0.1, 0.15) is 0 Å². The summed E-state index contributed by atoms with van der Waals surface area (Å²) < 4.78 is 0. The van der Waals surface area contributed by atoms with Crippen LogP contribution in [-0.4, -0.2) is 40.8 Å². The molecule has 16 heavy (non-hydrogen) atoms. The van der Waals surface area contributed by atoms with E-state index < -0.39 is 11.6 Å². The van der Waals surface area contributed by atoms with Gasteiger partial charge in [-0.15, -0.1) is 0 Å². The van der Waals surface area contributed by atoms with E-state index in [0.717, 1.165) is 26.2 Å². The summed E-state index contributed by atoms with van der Waals surface area (Å²) in [4.78, 5) is 21.7. The Kier molecular flexibility index (Phi) is 6.67. The van der Waals surface area contributed by atoms with Gasteiger partial charge in [0, 0.05) is 6.42 Å². The summed E-state index contributed by atoms with van der Waals surface area (Å²) in [5, 5.41) is 20.3. The fraction of sp³-hybridized carbons (Fsp3) is 0.800. The lowest BCUT2D eigenvalue weighted by atomic mass is 10.1. The summed E-state index contributed by atoms with van der Waals surface area (Å²) >= 11 is 0. The van der Waals surface area contributed by atoms with E-state index in [-0.39, 0.29) is 12.5 Å². The maximum atomic E-state index is 11.2. The van der Waals surface area contributed by atoms with E-state index in [1.54, 1.807) is 0 Å². The van der Waals surface area contributed by atoms with E-state index in [9.17, 15) is 14.7 Å². The van der Waals surface area contributed by atoms with E-state index in [1.807, 2.05) is 0 Å². The number of hydrogen-bond acceptors (Lipinski definition) is 4. The average molecular weight is 232 g/mol. The number of nitrogens with two attached hydrogens (primary N) is 1. The van der Waals surface area contributed by atoms with Crippen molar-refractivity contribution in [2.75, 3.05) is 13.1 Å². The van der Waals surface area contributed by atoms with Crippen molar-refractivity contribution in [2.24, 2.45) is 5.73 Å². The summed E-state index contributed by atoms with van der Waals surface area (Å²) in [6.45, 7) is 1.47. The molecule has 1 unspecified atom stereocenters. The minimum absolute atomic E-state index is 0.251. The number of aliphatic hydroxyl groups is 1. The molecule has 0 rings (SSSR count). The zero-order chi connectivity index (χ0) is 12.6. The SMILES string of the molecule is CC(O)(CNC(=O)CCCCCN)C(=O)O. The summed E-state index contributed by atoms with van der Waals surface area (Å²) in [5.41, 5.74) is 3.39. The van der Waals surface area contributed by atoms with Crippen molar-refractivity contribution in [3.63, 3.8) is 0 Å². The number of nitrogens with one attached hydrogen (secondary N) is 1. The van der Waals surface area contributed by atoms with Gasteiger partial charge >= 0.3 is 5.97 Å². The highest BCUT2D eigenvalue weighted by Gasteiger charge is 2.29. The van der Waals surface area contributed by atoms with Gasteiger partial charge in [-0.1, -0.05) is 6.42 Å². The Bertz CT molecular complexity index is 241. The summed E-state index contributed by atoms with van der Waals surface area (Å²) in [7, 11) is 0. The van der Waals surface area contributed by atoms with Crippen LogP contribution in [0.25, 0.3) is 0 Å². The van der Waals surface area contributed by atoms with E-state index in [2.05, 4.69) is 5.32 Å². The van der Waals surface area contributed by atoms with Crippen molar-refractivity contribution in [3.8, 4) is 0 Å². The molecule has 1 amide bonds. The van der Waals surface area contributed by atoms with Gasteiger partial charge in [0.05, 0.1) is 6.54 Å². The standard InChI is InChI=1S/C10H20N2O4/c1-10(16,9(14)15)7-12-8(13)5-3-2-4-6-11/h16H,2-7,11H2,1H3,(H,12,13)(H,14,15). The second-order valence-electron chi connectivity index (χ2n) is 3.96. The molecular weight excluding hydrogens is 212 g/mol. The van der Waals surface area contributed by atoms with Crippen LogP contribution in [0.1, 0.15) is 32.6 Å². The van der Waals surface area contributed by atoms with Crippen molar-refractivity contribution >= 4 is 11.9 Å². The fourth-order valence-electron chi connectivity index (χ4n) is 1.04. The van der Waals surface area contributed by atoms with Crippen molar-refractivity contribution in [2.45, 2.75) is 38.2 Å². The number of unbranched alkanes of at least 4 members (excludes halogenated alkanes) is 2. The number of carboxylic acids is 1. The molecule has 0 spiro atoms. The Hall–Kier alpha value is -1.14. The molecule has 5 N–H and O–H groups in total. The van der Waals surface area contributed by atoms with Gasteiger partial charge in [0.15, 0.2) is 5.60 Å². The van der Waals surface area contributed by atoms with E-state index in [1.165, 1.54) is 0 Å². The molecule has 0 saturated heterocycles. The second kappa shape index (κ2) is 7.19. The molecule has 0 aromatic carbocycles. The number of carbonyl (C=O) groups excluding carboxylic acids is 1. The Morgan fingerprint density at radius 1 is 1.31 bits per heavy atom. The van der Waals surface area contributed by atoms with Crippen molar-refractivity contribution < 1.29 is 19.8 Å². The van der Waals surface area contributed by atoms with Gasteiger partial charge in [-0.25, -0.2) is 4.79 Å². The zero-order valence-corrected chi connectivity index (χ0v) is 9.53. The monoisotopic (exact) mass is 232 g/mol. The van der Waals surface area contributed by atoms with Crippen molar-refractivity contribution in [1.82, 2.24) is 5.32 Å². The first-order valence-corrected chi connectivity index (χ1v) is 5.32. The van der Waals surface area contributed by atoms with Crippen LogP contribution in [0, 0.1) is 0 Å². The number of carbonyl (C=O) groups is 2. The van der Waals surface area contributed by atoms with E-state index in [0.29, 0.717) is 13.0 Å². The Labute approximate surface area is 94.8 Å². The van der Waals surface area contributed by atoms with Crippen LogP contribution in [0.4, 0.5) is 0 Å². The molecule has 0 aliphatic carbocycles. The maximum absolute atomic E-state index is 11.2. The molecule has 0 aromatic heterocycles. The van der Waals surface area contributed by atoms with Gasteiger partial charge in [-0.2, -0.15) is 0 Å². The van der Waals surface area contributed by atoms with Crippen LogP contribution in [0.15, 0.2) is 0 Å². The molecular formula is C10H20N2O4. The summed E-state index contributed by atoms with van der Waals surface area (Å²) in [6.07, 6.45) is 2.80. The topological polar surface area (TPSA) is 113 Å². The number of aliphatic carboxylic acids is 1. The molecule has 0 heterocycles. The third-order valence-corrected chi connectivity index (χ3v) is 2.20. The molecule has 94 valence electrons. The lowest BCUT2D eigenvalue weighted by molar-refractivity contribution is -0.156. The first kappa shape index (κ1) is 14.9. The minimum Gasteiger partial charge on any atom is -0.479 e. The highest BCUT2D eigenvalue weighted by Crippen LogP contribution is 2.02. The van der Waals surface area contributed by atoms with Crippen LogP contribution < -0.4 is 11.1 Å². The number of carboxylic acid groups (broad SMARTS) is 1. The molecule has 0 saturated carbocycles. The van der Waals surface area contributed by atoms with Crippen LogP contribution in [0.5, 0.6) is 0 Å². The highest BCUT2D eigenvalue weighted by atomic mass is 16.4. The fourth-order valence-corrected chi connectivity index (χ4v) is 1.04. The smallest absolute Gasteiger partial charge is 0.337 e. The normalized spacial score (nSPS) is 14.2. The lowest BCUT2D eigenvalue weighted by Crippen LogP contribution is -2.46.